The SMILES string of the molecule is Cn1c(=O)ccn(CC(=O)Nc2cccc(C(=O)Nc3cccc(C(F)(F)F)c3)c2)c1=O. The van der Waals surface area contributed by atoms with Crippen molar-refractivity contribution < 1.29 is 22.8 Å². The van der Waals surface area contributed by atoms with Gasteiger partial charge >= 0.3 is 11.9 Å². The van der Waals surface area contributed by atoms with E-state index in [1.165, 1.54) is 49.6 Å². The summed E-state index contributed by atoms with van der Waals surface area (Å²) in [5.41, 5.74) is -1.77. The second-order valence-corrected chi connectivity index (χ2v) is 6.79. The molecule has 0 saturated carbocycles. The lowest BCUT2D eigenvalue weighted by atomic mass is 10.1. The Morgan fingerprint density at radius 2 is 1.59 bits per heavy atom. The molecule has 3 rings (SSSR count). The maximum atomic E-state index is 12.8. The Morgan fingerprint density at radius 3 is 2.28 bits per heavy atom. The van der Waals surface area contributed by atoms with Crippen LogP contribution in [0.4, 0.5) is 24.5 Å². The smallest absolute Gasteiger partial charge is 0.325 e. The molecule has 2 N–H and O–H groups in total. The molecular formula is C21H17F3N4O4. The first-order valence-corrected chi connectivity index (χ1v) is 9.19. The van der Waals surface area contributed by atoms with Crippen LogP contribution in [0, 0.1) is 0 Å². The quantitative estimate of drug-likeness (QED) is 0.629. The number of amides is 2. The maximum Gasteiger partial charge on any atom is 0.416 e. The molecule has 8 nitrogen and oxygen atoms in total. The molecule has 1 heterocycles. The predicted octanol–water partition coefficient (Wildman–Crippen LogP) is 2.46. The van der Waals surface area contributed by atoms with Crippen molar-refractivity contribution in [3.8, 4) is 0 Å². The Hall–Kier alpha value is -4.15. The fourth-order valence-electron chi connectivity index (χ4n) is 2.81. The van der Waals surface area contributed by atoms with E-state index in [9.17, 15) is 32.3 Å². The molecule has 166 valence electrons. The average Bonchev–Trinajstić information content (AvgIpc) is 2.74. The van der Waals surface area contributed by atoms with Gasteiger partial charge in [0.2, 0.25) is 5.91 Å². The topological polar surface area (TPSA) is 102 Å². The standard InChI is InChI=1S/C21H17F3N4O4/c1-27-18(30)8-9-28(20(27)32)12-17(29)25-15-6-2-4-13(10-15)19(31)26-16-7-3-5-14(11-16)21(22,23)24/h2-11H,12H2,1H3,(H,25,29)(H,26,31). The van der Waals surface area contributed by atoms with Crippen LogP contribution in [-0.4, -0.2) is 20.9 Å². The van der Waals surface area contributed by atoms with Crippen LogP contribution in [0.3, 0.4) is 0 Å². The van der Waals surface area contributed by atoms with Crippen LogP contribution in [0.5, 0.6) is 0 Å². The number of rotatable bonds is 5. The number of benzene rings is 2. The van der Waals surface area contributed by atoms with Crippen molar-refractivity contribution in [1.82, 2.24) is 9.13 Å². The minimum Gasteiger partial charge on any atom is -0.325 e. The third kappa shape index (κ3) is 5.31. The lowest BCUT2D eigenvalue weighted by Gasteiger charge is -2.11. The van der Waals surface area contributed by atoms with Crippen LogP contribution in [0.1, 0.15) is 15.9 Å². The van der Waals surface area contributed by atoms with Gasteiger partial charge in [0.1, 0.15) is 6.54 Å². The first-order chi connectivity index (χ1) is 15.0. The van der Waals surface area contributed by atoms with E-state index in [0.717, 1.165) is 27.3 Å². The van der Waals surface area contributed by atoms with Crippen LogP contribution in [0.25, 0.3) is 0 Å². The molecule has 0 unspecified atom stereocenters. The van der Waals surface area contributed by atoms with E-state index < -0.39 is 34.8 Å². The molecule has 0 aliphatic heterocycles. The molecule has 32 heavy (non-hydrogen) atoms. The Labute approximate surface area is 178 Å². The van der Waals surface area contributed by atoms with E-state index in [4.69, 9.17) is 0 Å². The summed E-state index contributed by atoms with van der Waals surface area (Å²) in [7, 11) is 1.28. The van der Waals surface area contributed by atoms with Crippen molar-refractivity contribution in [2.45, 2.75) is 12.7 Å². The first-order valence-electron chi connectivity index (χ1n) is 9.19. The Kier molecular flexibility index (Phi) is 6.28. The zero-order chi connectivity index (χ0) is 23.5. The van der Waals surface area contributed by atoms with E-state index in [1.807, 2.05) is 0 Å². The fraction of sp³-hybridized carbons (Fsp3) is 0.143. The van der Waals surface area contributed by atoms with Gasteiger partial charge in [0.15, 0.2) is 0 Å². The number of hydrogen-bond acceptors (Lipinski definition) is 4. The summed E-state index contributed by atoms with van der Waals surface area (Å²) in [6.45, 7) is -0.367. The van der Waals surface area contributed by atoms with Gasteiger partial charge in [-0.25, -0.2) is 4.79 Å². The first kappa shape index (κ1) is 22.5. The van der Waals surface area contributed by atoms with Crippen LogP contribution >= 0.6 is 0 Å². The lowest BCUT2D eigenvalue weighted by molar-refractivity contribution is -0.137. The number of halogens is 3. The fourth-order valence-corrected chi connectivity index (χ4v) is 2.81. The molecule has 11 heteroatoms. The Morgan fingerprint density at radius 1 is 0.938 bits per heavy atom. The largest absolute Gasteiger partial charge is 0.416 e. The van der Waals surface area contributed by atoms with E-state index in [2.05, 4.69) is 10.6 Å². The minimum atomic E-state index is -4.54. The highest BCUT2D eigenvalue weighted by molar-refractivity contribution is 6.05. The number of alkyl halides is 3. The second kappa shape index (κ2) is 8.92. The number of aromatic nitrogens is 2. The normalized spacial score (nSPS) is 11.1. The summed E-state index contributed by atoms with van der Waals surface area (Å²) in [5, 5.41) is 4.91. The number of hydrogen-bond donors (Lipinski definition) is 2. The van der Waals surface area contributed by atoms with Crippen LogP contribution in [-0.2, 0) is 24.6 Å². The molecule has 0 aliphatic carbocycles. The lowest BCUT2D eigenvalue weighted by Crippen LogP contribution is -2.38. The van der Waals surface area contributed by atoms with Crippen molar-refractivity contribution in [1.29, 1.82) is 0 Å². The van der Waals surface area contributed by atoms with Crippen LogP contribution in [0.2, 0.25) is 0 Å². The van der Waals surface area contributed by atoms with Gasteiger partial charge in [-0.2, -0.15) is 13.2 Å². The molecule has 0 fully saturated rings. The third-order valence-electron chi connectivity index (χ3n) is 4.43. The summed E-state index contributed by atoms with van der Waals surface area (Å²) in [6.07, 6.45) is -3.35. The van der Waals surface area contributed by atoms with Gasteiger partial charge in [-0.15, -0.1) is 0 Å². The summed E-state index contributed by atoms with van der Waals surface area (Å²) in [4.78, 5) is 48.1. The zero-order valence-electron chi connectivity index (χ0n) is 16.6. The van der Waals surface area contributed by atoms with E-state index >= 15 is 0 Å². The number of nitrogens with zero attached hydrogens (tertiary/aromatic N) is 2. The van der Waals surface area contributed by atoms with Crippen molar-refractivity contribution in [2.24, 2.45) is 7.05 Å². The number of carbonyl (C=O) groups is 2. The van der Waals surface area contributed by atoms with Crippen LogP contribution < -0.4 is 21.9 Å². The van der Waals surface area contributed by atoms with Crippen molar-refractivity contribution in [3.63, 3.8) is 0 Å². The minimum absolute atomic E-state index is 0.0340. The maximum absolute atomic E-state index is 12.8. The highest BCUT2D eigenvalue weighted by Gasteiger charge is 2.30. The summed E-state index contributed by atoms with van der Waals surface area (Å²) in [5.74, 6) is -1.25. The van der Waals surface area contributed by atoms with Gasteiger partial charge in [-0.05, 0) is 36.4 Å². The molecule has 3 aromatic rings. The molecule has 0 radical (unpaired) electrons. The molecule has 2 amide bonds. The van der Waals surface area contributed by atoms with Gasteiger partial charge in [-0.1, -0.05) is 12.1 Å². The van der Waals surface area contributed by atoms with Gasteiger partial charge in [-0.3, -0.25) is 23.5 Å². The van der Waals surface area contributed by atoms with Crippen LogP contribution in [0.15, 0.2) is 70.4 Å². The van der Waals surface area contributed by atoms with Crippen molar-refractivity contribution in [3.05, 3.63) is 92.8 Å². The summed E-state index contributed by atoms with van der Waals surface area (Å²) in [6, 6.07) is 11.1. The molecule has 2 aromatic carbocycles. The number of carbonyl (C=O) groups excluding carboxylic acids is 2. The van der Waals surface area contributed by atoms with Gasteiger partial charge < -0.3 is 10.6 Å². The van der Waals surface area contributed by atoms with Gasteiger partial charge in [0, 0.05) is 36.2 Å². The molecule has 0 atom stereocenters. The number of anilines is 2. The predicted molar refractivity (Wildman–Crippen MR) is 110 cm³/mol. The number of nitrogens with one attached hydrogen (secondary N) is 2. The van der Waals surface area contributed by atoms with E-state index in [1.54, 1.807) is 0 Å². The Bertz CT molecular complexity index is 1290. The summed E-state index contributed by atoms with van der Waals surface area (Å²) >= 11 is 0. The molecule has 0 spiro atoms. The molecule has 1 aromatic heterocycles. The molecule has 0 bridgehead atoms. The molecular weight excluding hydrogens is 429 g/mol. The Balaban J connectivity index is 1.71. The highest BCUT2D eigenvalue weighted by atomic mass is 19.4. The average molecular weight is 446 g/mol. The van der Waals surface area contributed by atoms with Gasteiger partial charge in [0.25, 0.3) is 11.5 Å². The van der Waals surface area contributed by atoms with E-state index in [-0.39, 0.29) is 23.5 Å². The van der Waals surface area contributed by atoms with Crippen molar-refractivity contribution >= 4 is 23.2 Å². The molecule has 0 aliphatic rings. The highest BCUT2D eigenvalue weighted by Crippen LogP contribution is 2.30. The third-order valence-corrected chi connectivity index (χ3v) is 4.43. The van der Waals surface area contributed by atoms with Gasteiger partial charge in [0.05, 0.1) is 5.56 Å². The monoisotopic (exact) mass is 446 g/mol. The second-order valence-electron chi connectivity index (χ2n) is 6.79. The summed E-state index contributed by atoms with van der Waals surface area (Å²) < 4.78 is 40.4. The van der Waals surface area contributed by atoms with E-state index in [0.29, 0.717) is 0 Å². The molecule has 0 saturated heterocycles. The van der Waals surface area contributed by atoms with Crippen molar-refractivity contribution in [2.75, 3.05) is 10.6 Å². The zero-order valence-corrected chi connectivity index (χ0v) is 16.6.